The lowest BCUT2D eigenvalue weighted by atomic mass is 10.1. The van der Waals surface area contributed by atoms with Crippen molar-refractivity contribution >= 4 is 10.8 Å². The average Bonchev–Trinajstić information content (AvgIpc) is 2.82. The topological polar surface area (TPSA) is 43.6 Å². The number of nitrogens with zero attached hydrogens (tertiary/aromatic N) is 4. The monoisotopic (exact) mass is 196 g/mol. The highest BCUT2D eigenvalue weighted by atomic mass is 15.2. The molecule has 0 unspecified atom stereocenters. The van der Waals surface area contributed by atoms with Crippen LogP contribution >= 0.6 is 0 Å². The van der Waals surface area contributed by atoms with Gasteiger partial charge < -0.3 is 0 Å². The lowest BCUT2D eigenvalue weighted by Crippen LogP contribution is -1.91. The van der Waals surface area contributed by atoms with Crippen molar-refractivity contribution < 1.29 is 0 Å². The van der Waals surface area contributed by atoms with Gasteiger partial charge in [0, 0.05) is 23.2 Å². The molecular formula is C11H8N4. The van der Waals surface area contributed by atoms with Gasteiger partial charge in [0.05, 0.1) is 5.69 Å². The molecule has 0 amide bonds. The van der Waals surface area contributed by atoms with Crippen LogP contribution in [0.4, 0.5) is 0 Å². The highest BCUT2D eigenvalue weighted by Crippen LogP contribution is 2.20. The molecule has 2 aromatic heterocycles. The van der Waals surface area contributed by atoms with E-state index in [2.05, 4.69) is 15.2 Å². The zero-order valence-electron chi connectivity index (χ0n) is 7.91. The lowest BCUT2D eigenvalue weighted by Gasteiger charge is -2.05. The molecule has 0 radical (unpaired) electrons. The fraction of sp³-hybridized carbons (Fsp3) is 0. The molecule has 72 valence electrons. The van der Waals surface area contributed by atoms with Crippen molar-refractivity contribution in [2.75, 3.05) is 0 Å². The number of aromatic nitrogens is 4. The van der Waals surface area contributed by atoms with Crippen molar-refractivity contribution in [3.8, 4) is 5.69 Å². The van der Waals surface area contributed by atoms with Crippen molar-refractivity contribution in [2.45, 2.75) is 0 Å². The summed E-state index contributed by atoms with van der Waals surface area (Å²) in [6.07, 6.45) is 7.02. The molecule has 1 aromatic carbocycles. The zero-order valence-corrected chi connectivity index (χ0v) is 7.91. The van der Waals surface area contributed by atoms with Crippen molar-refractivity contribution in [3.63, 3.8) is 0 Å². The van der Waals surface area contributed by atoms with E-state index in [9.17, 15) is 0 Å². The highest BCUT2D eigenvalue weighted by Gasteiger charge is 2.01. The number of benzene rings is 1. The summed E-state index contributed by atoms with van der Waals surface area (Å²) in [6, 6.07) is 8.06. The summed E-state index contributed by atoms with van der Waals surface area (Å²) in [5, 5.41) is 9.87. The maximum absolute atomic E-state index is 4.09. The standard InChI is InChI=1S/C11H8N4/c1-2-9-6-12-5-4-10(9)11(3-1)15-7-13-14-8-15/h1-8H. The second-order valence-corrected chi connectivity index (χ2v) is 3.24. The zero-order chi connectivity index (χ0) is 10.1. The molecule has 4 nitrogen and oxygen atoms in total. The van der Waals surface area contributed by atoms with E-state index in [4.69, 9.17) is 0 Å². The van der Waals surface area contributed by atoms with Gasteiger partial charge in [-0.2, -0.15) is 0 Å². The van der Waals surface area contributed by atoms with Gasteiger partial charge in [-0.25, -0.2) is 0 Å². The SMILES string of the molecule is c1cc(-n2cnnc2)c2ccncc2c1. The fourth-order valence-electron chi connectivity index (χ4n) is 1.66. The van der Waals surface area contributed by atoms with E-state index in [1.165, 1.54) is 0 Å². The molecule has 2 heterocycles. The summed E-state index contributed by atoms with van der Waals surface area (Å²) in [6.45, 7) is 0. The van der Waals surface area contributed by atoms with E-state index >= 15 is 0 Å². The third-order valence-corrected chi connectivity index (χ3v) is 2.35. The van der Waals surface area contributed by atoms with E-state index in [0.29, 0.717) is 0 Å². The van der Waals surface area contributed by atoms with E-state index in [1.54, 1.807) is 18.9 Å². The van der Waals surface area contributed by atoms with Crippen LogP contribution in [0.2, 0.25) is 0 Å². The van der Waals surface area contributed by atoms with Gasteiger partial charge in [-0.05, 0) is 12.1 Å². The van der Waals surface area contributed by atoms with Crippen LogP contribution < -0.4 is 0 Å². The van der Waals surface area contributed by atoms with Gasteiger partial charge in [-0.1, -0.05) is 12.1 Å². The smallest absolute Gasteiger partial charge is 0.123 e. The number of rotatable bonds is 1. The van der Waals surface area contributed by atoms with Crippen molar-refractivity contribution in [1.29, 1.82) is 0 Å². The summed E-state index contributed by atoms with van der Waals surface area (Å²) in [7, 11) is 0. The molecule has 0 fully saturated rings. The Balaban J connectivity index is 2.36. The van der Waals surface area contributed by atoms with Crippen LogP contribution in [0.25, 0.3) is 16.5 Å². The van der Waals surface area contributed by atoms with Crippen LogP contribution in [0.3, 0.4) is 0 Å². The minimum absolute atomic E-state index is 1.07. The molecule has 0 N–H and O–H groups in total. The van der Waals surface area contributed by atoms with Crippen molar-refractivity contribution in [2.24, 2.45) is 0 Å². The number of fused-ring (bicyclic) bond motifs is 1. The molecule has 3 aromatic rings. The van der Waals surface area contributed by atoms with Gasteiger partial charge in [-0.3, -0.25) is 9.55 Å². The first kappa shape index (κ1) is 8.11. The number of hydrogen-bond donors (Lipinski definition) is 0. The maximum atomic E-state index is 4.09. The summed E-state index contributed by atoms with van der Waals surface area (Å²) in [5.74, 6) is 0. The van der Waals surface area contributed by atoms with E-state index < -0.39 is 0 Å². The minimum atomic E-state index is 1.07. The van der Waals surface area contributed by atoms with Crippen molar-refractivity contribution in [3.05, 3.63) is 49.3 Å². The van der Waals surface area contributed by atoms with Crippen LogP contribution in [0.15, 0.2) is 49.3 Å². The Hall–Kier alpha value is -2.23. The Bertz CT molecular complexity index is 581. The molecule has 0 aliphatic heterocycles. The summed E-state index contributed by atoms with van der Waals surface area (Å²) in [4.78, 5) is 4.09. The van der Waals surface area contributed by atoms with E-state index in [1.807, 2.05) is 35.0 Å². The maximum Gasteiger partial charge on any atom is 0.123 e. The Kier molecular flexibility index (Phi) is 1.71. The largest absolute Gasteiger partial charge is 0.288 e. The predicted molar refractivity (Wildman–Crippen MR) is 56.7 cm³/mol. The first-order chi connectivity index (χ1) is 7.45. The molecule has 0 aliphatic rings. The third kappa shape index (κ3) is 1.27. The van der Waals surface area contributed by atoms with Gasteiger partial charge >= 0.3 is 0 Å². The van der Waals surface area contributed by atoms with Crippen LogP contribution in [0.1, 0.15) is 0 Å². The second kappa shape index (κ2) is 3.16. The minimum Gasteiger partial charge on any atom is -0.288 e. The van der Waals surface area contributed by atoms with Gasteiger partial charge in [0.2, 0.25) is 0 Å². The first-order valence-corrected chi connectivity index (χ1v) is 4.63. The molecule has 0 bridgehead atoms. The molecule has 4 heteroatoms. The molecule has 0 aliphatic carbocycles. The third-order valence-electron chi connectivity index (χ3n) is 2.35. The molecule has 15 heavy (non-hydrogen) atoms. The Morgan fingerprint density at radius 3 is 2.73 bits per heavy atom. The van der Waals surface area contributed by atoms with E-state index in [-0.39, 0.29) is 0 Å². The van der Waals surface area contributed by atoms with Crippen LogP contribution in [-0.4, -0.2) is 19.7 Å². The van der Waals surface area contributed by atoms with Crippen molar-refractivity contribution in [1.82, 2.24) is 19.7 Å². The summed E-state index contributed by atoms with van der Waals surface area (Å²) >= 11 is 0. The summed E-state index contributed by atoms with van der Waals surface area (Å²) in [5.41, 5.74) is 1.07. The molecular weight excluding hydrogens is 188 g/mol. The fourth-order valence-corrected chi connectivity index (χ4v) is 1.66. The normalized spacial score (nSPS) is 10.7. The lowest BCUT2D eigenvalue weighted by molar-refractivity contribution is 1.07. The first-order valence-electron chi connectivity index (χ1n) is 4.63. The Morgan fingerprint density at radius 2 is 1.87 bits per heavy atom. The molecule has 0 saturated heterocycles. The number of hydrogen-bond acceptors (Lipinski definition) is 3. The average molecular weight is 196 g/mol. The highest BCUT2D eigenvalue weighted by molar-refractivity contribution is 5.89. The van der Waals surface area contributed by atoms with Gasteiger partial charge in [0.25, 0.3) is 0 Å². The Labute approximate surface area is 86.2 Å². The van der Waals surface area contributed by atoms with Gasteiger partial charge in [0.1, 0.15) is 12.7 Å². The molecule has 0 spiro atoms. The van der Waals surface area contributed by atoms with Gasteiger partial charge in [0.15, 0.2) is 0 Å². The summed E-state index contributed by atoms with van der Waals surface area (Å²) < 4.78 is 1.89. The van der Waals surface area contributed by atoms with E-state index in [0.717, 1.165) is 16.5 Å². The van der Waals surface area contributed by atoms with Gasteiger partial charge in [-0.15, -0.1) is 10.2 Å². The number of pyridine rings is 1. The quantitative estimate of drug-likeness (QED) is 0.596. The van der Waals surface area contributed by atoms with Crippen LogP contribution in [0, 0.1) is 0 Å². The molecule has 3 rings (SSSR count). The van der Waals surface area contributed by atoms with Crippen LogP contribution in [-0.2, 0) is 0 Å². The molecule has 0 saturated carbocycles. The van der Waals surface area contributed by atoms with Crippen LogP contribution in [0.5, 0.6) is 0 Å². The Morgan fingerprint density at radius 1 is 1.00 bits per heavy atom. The second-order valence-electron chi connectivity index (χ2n) is 3.24. The molecule has 0 atom stereocenters. The predicted octanol–water partition coefficient (Wildman–Crippen LogP) is 1.82.